The topological polar surface area (TPSA) is 53.1 Å². The molecule has 1 aromatic carbocycles. The largest absolute Gasteiger partial charge is 0.497 e. The molecule has 0 radical (unpaired) electrons. The highest BCUT2D eigenvalue weighted by Crippen LogP contribution is 2.41. The fourth-order valence-electron chi connectivity index (χ4n) is 3.82. The summed E-state index contributed by atoms with van der Waals surface area (Å²) in [4.78, 5) is 32.3. The zero-order chi connectivity index (χ0) is 20.3. The summed E-state index contributed by atoms with van der Waals surface area (Å²) in [7, 11) is 3.72. The van der Waals surface area contributed by atoms with Gasteiger partial charge in [-0.2, -0.15) is 0 Å². The van der Waals surface area contributed by atoms with Gasteiger partial charge < -0.3 is 19.4 Å². The monoisotopic (exact) mass is 405 g/mol. The van der Waals surface area contributed by atoms with Gasteiger partial charge in [0.2, 0.25) is 11.8 Å². The van der Waals surface area contributed by atoms with Crippen LogP contribution in [0.5, 0.6) is 5.75 Å². The molecule has 0 N–H and O–H groups in total. The number of hydrogen-bond acceptors (Lipinski definition) is 5. The Morgan fingerprint density at radius 1 is 1.18 bits per heavy atom. The Hall–Kier alpha value is -1.73. The van der Waals surface area contributed by atoms with Gasteiger partial charge in [-0.3, -0.25) is 9.59 Å². The first-order valence-electron chi connectivity index (χ1n) is 9.94. The molecule has 0 spiro atoms. The Kier molecular flexibility index (Phi) is 6.88. The molecule has 2 aliphatic rings. The average molecular weight is 406 g/mol. The van der Waals surface area contributed by atoms with Crippen molar-refractivity contribution in [2.45, 2.75) is 31.7 Å². The summed E-state index contributed by atoms with van der Waals surface area (Å²) in [5, 5.41) is -0.126. The molecule has 2 amide bonds. The van der Waals surface area contributed by atoms with Gasteiger partial charge in [0, 0.05) is 26.2 Å². The lowest BCUT2D eigenvalue weighted by atomic mass is 9.99. The third-order valence-corrected chi connectivity index (χ3v) is 6.67. The highest BCUT2D eigenvalue weighted by molar-refractivity contribution is 8.00. The van der Waals surface area contributed by atoms with E-state index >= 15 is 0 Å². The van der Waals surface area contributed by atoms with Crippen LogP contribution in [-0.2, 0) is 9.59 Å². The lowest BCUT2D eigenvalue weighted by Gasteiger charge is -2.39. The van der Waals surface area contributed by atoms with Crippen molar-refractivity contribution in [3.05, 3.63) is 29.8 Å². The normalized spacial score (nSPS) is 22.0. The first kappa shape index (κ1) is 21.0. The quantitative estimate of drug-likeness (QED) is 0.728. The number of piperazine rings is 1. The minimum atomic E-state index is -0.405. The number of methoxy groups -OCH3 is 1. The van der Waals surface area contributed by atoms with E-state index in [1.807, 2.05) is 34.1 Å². The highest BCUT2D eigenvalue weighted by Gasteiger charge is 2.42. The van der Waals surface area contributed by atoms with Crippen molar-refractivity contribution in [2.24, 2.45) is 5.92 Å². The molecule has 28 heavy (non-hydrogen) atoms. The number of carbonyl (C=O) groups is 2. The summed E-state index contributed by atoms with van der Waals surface area (Å²) in [5.41, 5.74) is 1.04. The summed E-state index contributed by atoms with van der Waals surface area (Å²) in [6.07, 6.45) is 0.685. The van der Waals surface area contributed by atoms with Crippen LogP contribution in [0.1, 0.15) is 31.2 Å². The molecule has 2 atom stereocenters. The van der Waals surface area contributed by atoms with Crippen LogP contribution in [0.15, 0.2) is 24.3 Å². The molecule has 2 heterocycles. The van der Waals surface area contributed by atoms with E-state index in [2.05, 4.69) is 25.8 Å². The SMILES string of the molecule is COc1ccc([C@@H]2SCC(=O)N2[C@@H](CC(C)C)C(=O)N2CCN(C)CC2)cc1. The molecule has 0 saturated carbocycles. The zero-order valence-corrected chi connectivity index (χ0v) is 18.1. The molecule has 6 nitrogen and oxygen atoms in total. The lowest BCUT2D eigenvalue weighted by Crippen LogP contribution is -2.55. The van der Waals surface area contributed by atoms with Gasteiger partial charge in [-0.05, 0) is 37.1 Å². The second-order valence-electron chi connectivity index (χ2n) is 8.01. The van der Waals surface area contributed by atoms with E-state index in [1.54, 1.807) is 18.9 Å². The fourth-order valence-corrected chi connectivity index (χ4v) is 5.04. The predicted molar refractivity (Wildman–Crippen MR) is 112 cm³/mol. The average Bonchev–Trinajstić information content (AvgIpc) is 3.07. The van der Waals surface area contributed by atoms with Crippen LogP contribution >= 0.6 is 11.8 Å². The maximum absolute atomic E-state index is 13.4. The van der Waals surface area contributed by atoms with Crippen LogP contribution in [0.25, 0.3) is 0 Å². The third kappa shape index (κ3) is 4.63. The van der Waals surface area contributed by atoms with Crippen LogP contribution in [0.4, 0.5) is 0 Å². The molecule has 0 bridgehead atoms. The number of benzene rings is 1. The molecule has 3 rings (SSSR count). The smallest absolute Gasteiger partial charge is 0.245 e. The summed E-state index contributed by atoms with van der Waals surface area (Å²) < 4.78 is 5.25. The molecular weight excluding hydrogens is 374 g/mol. The Bertz CT molecular complexity index is 687. The van der Waals surface area contributed by atoms with E-state index in [1.165, 1.54) is 0 Å². The van der Waals surface area contributed by atoms with Crippen LogP contribution in [-0.4, -0.2) is 78.6 Å². The maximum atomic E-state index is 13.4. The number of ether oxygens (including phenoxy) is 1. The summed E-state index contributed by atoms with van der Waals surface area (Å²) >= 11 is 1.60. The van der Waals surface area contributed by atoms with E-state index in [9.17, 15) is 9.59 Å². The van der Waals surface area contributed by atoms with Crippen LogP contribution in [0.3, 0.4) is 0 Å². The number of rotatable bonds is 6. The van der Waals surface area contributed by atoms with Gasteiger partial charge in [-0.15, -0.1) is 11.8 Å². The van der Waals surface area contributed by atoms with Crippen LogP contribution in [0.2, 0.25) is 0 Å². The number of likely N-dealkylation sites (N-methyl/N-ethyl adjacent to an activating group) is 1. The second kappa shape index (κ2) is 9.18. The summed E-state index contributed by atoms with van der Waals surface area (Å²) in [5.74, 6) is 1.68. The van der Waals surface area contributed by atoms with Crippen molar-refractivity contribution in [1.82, 2.24) is 14.7 Å². The molecule has 0 aliphatic carbocycles. The molecule has 0 aromatic heterocycles. The number of nitrogens with zero attached hydrogens (tertiary/aromatic N) is 3. The van der Waals surface area contributed by atoms with E-state index in [4.69, 9.17) is 4.74 Å². The highest BCUT2D eigenvalue weighted by atomic mass is 32.2. The van der Waals surface area contributed by atoms with Crippen molar-refractivity contribution in [1.29, 1.82) is 0 Å². The van der Waals surface area contributed by atoms with Crippen molar-refractivity contribution < 1.29 is 14.3 Å². The van der Waals surface area contributed by atoms with E-state index in [0.29, 0.717) is 18.1 Å². The minimum absolute atomic E-state index is 0.0546. The molecule has 7 heteroatoms. The van der Waals surface area contributed by atoms with Crippen molar-refractivity contribution in [3.63, 3.8) is 0 Å². The Morgan fingerprint density at radius 3 is 2.39 bits per heavy atom. The Balaban J connectivity index is 1.85. The molecule has 1 aromatic rings. The zero-order valence-electron chi connectivity index (χ0n) is 17.3. The Morgan fingerprint density at radius 2 is 1.82 bits per heavy atom. The minimum Gasteiger partial charge on any atom is -0.497 e. The third-order valence-electron chi connectivity index (χ3n) is 5.44. The first-order chi connectivity index (χ1) is 13.4. The van der Waals surface area contributed by atoms with E-state index in [0.717, 1.165) is 37.5 Å². The lowest BCUT2D eigenvalue weighted by molar-refractivity contribution is -0.146. The summed E-state index contributed by atoms with van der Waals surface area (Å²) in [6.45, 7) is 7.44. The van der Waals surface area contributed by atoms with Gasteiger partial charge in [0.1, 0.15) is 17.2 Å². The standard InChI is InChI=1S/C21H31N3O3S/c1-15(2)13-18(20(26)23-11-9-22(3)10-12-23)24-19(25)14-28-21(24)16-5-7-17(27-4)8-6-16/h5-8,15,18,21H,9-14H2,1-4H3/t18-,21-/m0/s1. The van der Waals surface area contributed by atoms with Gasteiger partial charge in [0.15, 0.2) is 0 Å². The van der Waals surface area contributed by atoms with E-state index < -0.39 is 6.04 Å². The Labute approximate surface area is 172 Å². The number of carbonyl (C=O) groups excluding carboxylic acids is 2. The van der Waals surface area contributed by atoms with Crippen LogP contribution in [0, 0.1) is 5.92 Å². The second-order valence-corrected chi connectivity index (χ2v) is 9.08. The van der Waals surface area contributed by atoms with Gasteiger partial charge in [-0.1, -0.05) is 26.0 Å². The number of thioether (sulfide) groups is 1. The maximum Gasteiger partial charge on any atom is 0.245 e. The molecule has 2 aliphatic heterocycles. The van der Waals surface area contributed by atoms with Gasteiger partial charge in [0.25, 0.3) is 0 Å². The predicted octanol–water partition coefficient (Wildman–Crippen LogP) is 2.46. The van der Waals surface area contributed by atoms with Crippen molar-refractivity contribution in [2.75, 3.05) is 46.1 Å². The molecular formula is C21H31N3O3S. The van der Waals surface area contributed by atoms with E-state index in [-0.39, 0.29) is 17.2 Å². The number of hydrogen-bond donors (Lipinski definition) is 0. The van der Waals surface area contributed by atoms with Crippen LogP contribution < -0.4 is 4.74 Å². The van der Waals surface area contributed by atoms with Gasteiger partial charge in [0.05, 0.1) is 12.9 Å². The van der Waals surface area contributed by atoms with Gasteiger partial charge >= 0.3 is 0 Å². The van der Waals surface area contributed by atoms with Crippen molar-refractivity contribution in [3.8, 4) is 5.75 Å². The molecule has 2 saturated heterocycles. The summed E-state index contributed by atoms with van der Waals surface area (Å²) in [6, 6.07) is 7.41. The van der Waals surface area contributed by atoms with Crippen molar-refractivity contribution >= 4 is 23.6 Å². The van der Waals surface area contributed by atoms with Gasteiger partial charge in [-0.25, -0.2) is 0 Å². The fraction of sp³-hybridized carbons (Fsp3) is 0.619. The molecule has 2 fully saturated rings. The molecule has 0 unspecified atom stereocenters. The number of amides is 2. The molecule has 154 valence electrons. The first-order valence-corrected chi connectivity index (χ1v) is 11.0.